The molecule has 4 unspecified atom stereocenters. The van der Waals surface area contributed by atoms with Crippen LogP contribution in [0.2, 0.25) is 0 Å². The largest absolute Gasteiger partial charge is 0.481 e. The van der Waals surface area contributed by atoms with Crippen molar-refractivity contribution < 1.29 is 24.9 Å². The topological polar surface area (TPSA) is 94.8 Å². The van der Waals surface area contributed by atoms with Gasteiger partial charge in [-0.1, -0.05) is 43.4 Å². The predicted molar refractivity (Wildman–Crippen MR) is 98.1 cm³/mol. The molecule has 0 aromatic rings. The second kappa shape index (κ2) is 10.3. The third-order valence-electron chi connectivity index (χ3n) is 5.17. The van der Waals surface area contributed by atoms with Crippen LogP contribution >= 0.6 is 0 Å². The Labute approximate surface area is 154 Å². The smallest absolute Gasteiger partial charge is 0.303 e. The quantitative estimate of drug-likeness (QED) is 0.368. The molecule has 4 atom stereocenters. The van der Waals surface area contributed by atoms with Gasteiger partial charge in [-0.3, -0.25) is 9.59 Å². The van der Waals surface area contributed by atoms with Crippen LogP contribution < -0.4 is 0 Å². The maximum absolute atomic E-state index is 12.1. The van der Waals surface area contributed by atoms with E-state index >= 15 is 0 Å². The molecule has 26 heavy (non-hydrogen) atoms. The highest BCUT2D eigenvalue weighted by molar-refractivity contribution is 5.95. The van der Waals surface area contributed by atoms with Crippen molar-refractivity contribution in [2.24, 2.45) is 17.8 Å². The summed E-state index contributed by atoms with van der Waals surface area (Å²) in [6.45, 7) is 0. The highest BCUT2D eigenvalue weighted by atomic mass is 16.4. The molecule has 2 aliphatic carbocycles. The maximum Gasteiger partial charge on any atom is 0.303 e. The van der Waals surface area contributed by atoms with Crippen molar-refractivity contribution in [3.05, 3.63) is 24.3 Å². The first kappa shape index (κ1) is 20.4. The van der Waals surface area contributed by atoms with Crippen molar-refractivity contribution in [2.75, 3.05) is 0 Å². The molecule has 0 aromatic carbocycles. The molecule has 1 saturated carbocycles. The van der Waals surface area contributed by atoms with Gasteiger partial charge in [-0.2, -0.15) is 0 Å². The number of unbranched alkanes of at least 4 members (excludes halogenated alkanes) is 1. The molecule has 0 spiro atoms. The van der Waals surface area contributed by atoms with Crippen LogP contribution in [0.4, 0.5) is 0 Å². The summed E-state index contributed by atoms with van der Waals surface area (Å²) in [6.07, 6.45) is 11.6. The number of carbonyl (C=O) groups is 2. The molecule has 1 fully saturated rings. The number of ketones is 1. The summed E-state index contributed by atoms with van der Waals surface area (Å²) in [5.41, 5.74) is 0. The van der Waals surface area contributed by atoms with Crippen LogP contribution in [0.25, 0.3) is 0 Å². The van der Waals surface area contributed by atoms with Gasteiger partial charge in [0.2, 0.25) is 0 Å². The first-order chi connectivity index (χ1) is 12.5. The van der Waals surface area contributed by atoms with E-state index in [9.17, 15) is 19.8 Å². The van der Waals surface area contributed by atoms with Gasteiger partial charge in [0.05, 0.1) is 12.0 Å². The summed E-state index contributed by atoms with van der Waals surface area (Å²) in [7, 11) is 0. The molecule has 0 bridgehead atoms. The van der Waals surface area contributed by atoms with Crippen LogP contribution in [-0.2, 0) is 9.59 Å². The van der Waals surface area contributed by atoms with Crippen LogP contribution in [-0.4, -0.2) is 39.3 Å². The lowest BCUT2D eigenvalue weighted by molar-refractivity contribution is -0.137. The van der Waals surface area contributed by atoms with Crippen molar-refractivity contribution in [1.29, 1.82) is 0 Å². The minimum Gasteiger partial charge on any atom is -0.481 e. The zero-order valence-corrected chi connectivity index (χ0v) is 15.0. The molecule has 0 amide bonds. The second-order valence-corrected chi connectivity index (χ2v) is 7.15. The maximum atomic E-state index is 12.1. The zero-order chi connectivity index (χ0) is 18.9. The third kappa shape index (κ3) is 6.12. The molecule has 2 aliphatic rings. The Morgan fingerprint density at radius 3 is 2.69 bits per heavy atom. The Morgan fingerprint density at radius 2 is 2.00 bits per heavy atom. The Balaban J connectivity index is 1.90. The monoisotopic (exact) mass is 360 g/mol. The van der Waals surface area contributed by atoms with Crippen molar-refractivity contribution in [3.8, 4) is 11.8 Å². The van der Waals surface area contributed by atoms with Crippen molar-refractivity contribution in [3.63, 3.8) is 0 Å². The summed E-state index contributed by atoms with van der Waals surface area (Å²) in [6, 6.07) is 0. The summed E-state index contributed by atoms with van der Waals surface area (Å²) >= 11 is 0. The number of aliphatic carboxylic acids is 1. The summed E-state index contributed by atoms with van der Waals surface area (Å²) < 4.78 is 0. The fourth-order valence-corrected chi connectivity index (χ4v) is 3.65. The predicted octanol–water partition coefficient (Wildman–Crippen LogP) is 2.47. The van der Waals surface area contributed by atoms with E-state index in [4.69, 9.17) is 5.11 Å². The molecule has 0 heterocycles. The minimum absolute atomic E-state index is 0.0408. The highest BCUT2D eigenvalue weighted by Gasteiger charge is 2.34. The van der Waals surface area contributed by atoms with Crippen molar-refractivity contribution >= 4 is 11.8 Å². The van der Waals surface area contributed by atoms with E-state index in [1.165, 1.54) is 12.5 Å². The lowest BCUT2D eigenvalue weighted by Crippen LogP contribution is -2.28. The number of carbonyl (C=O) groups excluding carboxylic acids is 1. The van der Waals surface area contributed by atoms with Crippen molar-refractivity contribution in [2.45, 2.75) is 63.6 Å². The van der Waals surface area contributed by atoms with Crippen LogP contribution in [0.3, 0.4) is 0 Å². The van der Waals surface area contributed by atoms with Gasteiger partial charge in [0, 0.05) is 18.8 Å². The SMILES string of the molecule is O=C(O)CCCC#CC(O)C1C(=O)C=CC1/C=C/C(O)C1CCCCC1. The average Bonchev–Trinajstić information content (AvgIpc) is 3.00. The number of carboxylic acid groups (broad SMARTS) is 1. The number of aliphatic hydroxyl groups excluding tert-OH is 2. The molecular weight excluding hydrogens is 332 g/mol. The zero-order valence-electron chi connectivity index (χ0n) is 15.0. The molecule has 0 radical (unpaired) electrons. The van der Waals surface area contributed by atoms with Gasteiger partial charge in [-0.15, -0.1) is 5.92 Å². The van der Waals surface area contributed by atoms with Gasteiger partial charge in [-0.25, -0.2) is 0 Å². The van der Waals surface area contributed by atoms with E-state index in [1.54, 1.807) is 18.2 Å². The Hall–Kier alpha value is -1.90. The van der Waals surface area contributed by atoms with Gasteiger partial charge in [0.15, 0.2) is 5.78 Å². The minimum atomic E-state index is -1.09. The first-order valence-electron chi connectivity index (χ1n) is 9.45. The number of carboxylic acids is 1. The second-order valence-electron chi connectivity index (χ2n) is 7.15. The standard InChI is InChI=1S/C21H28O5/c22-17(15-7-3-1-4-8-15)13-11-16-12-14-19(24)21(16)18(23)9-5-2-6-10-20(25)26/h11-18,21-23H,1-4,6-8,10H2,(H,25,26)/b13-11+. The van der Waals surface area contributed by atoms with Crippen LogP contribution in [0, 0.1) is 29.6 Å². The first-order valence-corrected chi connectivity index (χ1v) is 9.45. The number of aliphatic hydroxyl groups is 2. The van der Waals surface area contributed by atoms with Gasteiger partial charge >= 0.3 is 5.97 Å². The molecular formula is C21H28O5. The number of hydrogen-bond acceptors (Lipinski definition) is 4. The number of allylic oxidation sites excluding steroid dienone is 3. The Kier molecular flexibility index (Phi) is 8.08. The van der Waals surface area contributed by atoms with Crippen LogP contribution in [0.1, 0.15) is 51.4 Å². The normalized spacial score (nSPS) is 25.8. The summed E-state index contributed by atoms with van der Waals surface area (Å²) in [5, 5.41) is 29.2. The fourth-order valence-electron chi connectivity index (χ4n) is 3.65. The molecule has 0 aliphatic heterocycles. The molecule has 5 heteroatoms. The van der Waals surface area contributed by atoms with Crippen LogP contribution in [0.15, 0.2) is 24.3 Å². The summed E-state index contributed by atoms with van der Waals surface area (Å²) in [5.74, 6) is 3.73. The molecule has 0 saturated heterocycles. The van der Waals surface area contributed by atoms with E-state index in [1.807, 2.05) is 0 Å². The molecule has 0 aromatic heterocycles. The highest BCUT2D eigenvalue weighted by Crippen LogP contribution is 2.30. The van der Waals surface area contributed by atoms with Gasteiger partial charge < -0.3 is 15.3 Å². The lowest BCUT2D eigenvalue weighted by atomic mass is 9.84. The third-order valence-corrected chi connectivity index (χ3v) is 5.17. The van der Waals surface area contributed by atoms with E-state index < -0.39 is 24.1 Å². The fraction of sp³-hybridized carbons (Fsp3) is 0.619. The number of hydrogen-bond donors (Lipinski definition) is 3. The molecule has 2 rings (SSSR count). The Bertz CT molecular complexity index is 604. The average molecular weight is 360 g/mol. The van der Waals surface area contributed by atoms with E-state index in [0.717, 1.165) is 25.7 Å². The molecule has 5 nitrogen and oxygen atoms in total. The lowest BCUT2D eigenvalue weighted by Gasteiger charge is -2.25. The van der Waals surface area contributed by atoms with Gasteiger partial charge in [0.25, 0.3) is 0 Å². The molecule has 142 valence electrons. The summed E-state index contributed by atoms with van der Waals surface area (Å²) in [4.78, 5) is 22.5. The van der Waals surface area contributed by atoms with E-state index in [0.29, 0.717) is 12.8 Å². The van der Waals surface area contributed by atoms with Gasteiger partial charge in [-0.05, 0) is 31.3 Å². The molecule has 3 N–H and O–H groups in total. The van der Waals surface area contributed by atoms with Crippen molar-refractivity contribution in [1.82, 2.24) is 0 Å². The van der Waals surface area contributed by atoms with E-state index in [2.05, 4.69) is 11.8 Å². The van der Waals surface area contributed by atoms with E-state index in [-0.39, 0.29) is 24.0 Å². The number of rotatable bonds is 7. The van der Waals surface area contributed by atoms with Crippen LogP contribution in [0.5, 0.6) is 0 Å². The Morgan fingerprint density at radius 1 is 1.27 bits per heavy atom. The van der Waals surface area contributed by atoms with Gasteiger partial charge in [0.1, 0.15) is 6.10 Å².